The highest BCUT2D eigenvalue weighted by molar-refractivity contribution is 9.10. The van der Waals surface area contributed by atoms with Gasteiger partial charge in [0.15, 0.2) is 17.6 Å². The fourth-order valence-electron chi connectivity index (χ4n) is 2.71. The van der Waals surface area contributed by atoms with Gasteiger partial charge in [-0.25, -0.2) is 9.78 Å². The van der Waals surface area contributed by atoms with Crippen LogP contribution in [-0.2, 0) is 4.79 Å². The Kier molecular flexibility index (Phi) is 6.42. The van der Waals surface area contributed by atoms with Crippen molar-refractivity contribution in [3.05, 3.63) is 61.6 Å². The zero-order valence-electron chi connectivity index (χ0n) is 16.2. The highest BCUT2D eigenvalue weighted by Crippen LogP contribution is 2.34. The number of fused-ring (bicyclic) bond motifs is 1. The predicted octanol–water partition coefficient (Wildman–Crippen LogP) is 3.86. The Morgan fingerprint density at radius 1 is 1.37 bits per heavy atom. The number of hydrogen-bond donors (Lipinski definition) is 1. The van der Waals surface area contributed by atoms with Gasteiger partial charge >= 0.3 is 5.97 Å². The maximum absolute atomic E-state index is 12.9. The van der Waals surface area contributed by atoms with E-state index >= 15 is 0 Å². The third kappa shape index (κ3) is 4.47. The number of aromatic nitrogens is 2. The van der Waals surface area contributed by atoms with E-state index in [2.05, 4.69) is 26.0 Å². The van der Waals surface area contributed by atoms with Gasteiger partial charge in [-0.1, -0.05) is 27.5 Å². The van der Waals surface area contributed by atoms with Gasteiger partial charge in [-0.3, -0.25) is 4.79 Å². The average Bonchev–Trinajstić information content (AvgIpc) is 2.69. The van der Waals surface area contributed by atoms with E-state index in [1.807, 2.05) is 0 Å². The van der Waals surface area contributed by atoms with Crippen LogP contribution < -0.4 is 15.0 Å². The summed E-state index contributed by atoms with van der Waals surface area (Å²) in [4.78, 5) is 28.5. The van der Waals surface area contributed by atoms with Crippen LogP contribution >= 0.6 is 27.5 Å². The Bertz CT molecular complexity index is 1230. The first-order chi connectivity index (χ1) is 14.2. The summed E-state index contributed by atoms with van der Waals surface area (Å²) >= 11 is 9.49. The van der Waals surface area contributed by atoms with E-state index in [1.165, 1.54) is 32.4 Å². The van der Waals surface area contributed by atoms with Crippen LogP contribution in [0.2, 0.25) is 5.02 Å². The van der Waals surface area contributed by atoms with Gasteiger partial charge in [-0.15, -0.1) is 0 Å². The van der Waals surface area contributed by atoms with Gasteiger partial charge in [0.1, 0.15) is 5.82 Å². The molecule has 1 atom stereocenters. The third-order valence-corrected chi connectivity index (χ3v) is 4.90. The summed E-state index contributed by atoms with van der Waals surface area (Å²) in [6, 6.07) is 8.23. The SMILES string of the molecule is COc1cc(Cl)cc(C=Nn2c(C)nc3ccc(Br)cc3c2=O)c1O[C@H](C)C(=O)O. The number of rotatable bonds is 6. The molecule has 3 rings (SSSR count). The Balaban J connectivity index is 2.13. The van der Waals surface area contributed by atoms with Crippen molar-refractivity contribution in [1.82, 2.24) is 9.66 Å². The number of aliphatic carboxylic acids is 1. The summed E-state index contributed by atoms with van der Waals surface area (Å²) < 4.78 is 12.7. The molecular weight excluding hydrogens is 478 g/mol. The summed E-state index contributed by atoms with van der Waals surface area (Å²) in [6.45, 7) is 3.04. The van der Waals surface area contributed by atoms with Crippen LogP contribution in [0.3, 0.4) is 0 Å². The van der Waals surface area contributed by atoms with Gasteiger partial charge < -0.3 is 14.6 Å². The van der Waals surface area contributed by atoms with Crippen LogP contribution in [0.25, 0.3) is 10.9 Å². The molecule has 1 aromatic heterocycles. The zero-order chi connectivity index (χ0) is 22.0. The molecule has 0 radical (unpaired) electrons. The van der Waals surface area contributed by atoms with Crippen molar-refractivity contribution in [3.63, 3.8) is 0 Å². The van der Waals surface area contributed by atoms with Crippen molar-refractivity contribution in [1.29, 1.82) is 0 Å². The van der Waals surface area contributed by atoms with Crippen molar-refractivity contribution in [2.75, 3.05) is 7.11 Å². The zero-order valence-corrected chi connectivity index (χ0v) is 18.6. The van der Waals surface area contributed by atoms with E-state index < -0.39 is 12.1 Å². The lowest BCUT2D eigenvalue weighted by Gasteiger charge is -2.16. The van der Waals surface area contributed by atoms with E-state index in [0.717, 1.165) is 9.15 Å². The number of carboxylic acid groups (broad SMARTS) is 1. The highest BCUT2D eigenvalue weighted by atomic mass is 79.9. The fraction of sp³-hybridized carbons (Fsp3) is 0.200. The van der Waals surface area contributed by atoms with Crippen LogP contribution in [0.1, 0.15) is 18.3 Å². The number of nitrogens with zero attached hydrogens (tertiary/aromatic N) is 3. The van der Waals surface area contributed by atoms with E-state index in [-0.39, 0.29) is 17.1 Å². The number of carbonyl (C=O) groups is 1. The van der Waals surface area contributed by atoms with Crippen LogP contribution in [-0.4, -0.2) is 40.2 Å². The van der Waals surface area contributed by atoms with Crippen LogP contribution in [0, 0.1) is 6.92 Å². The van der Waals surface area contributed by atoms with Gasteiger partial charge in [0, 0.05) is 21.1 Å². The number of hydrogen-bond acceptors (Lipinski definition) is 6. The smallest absolute Gasteiger partial charge is 0.344 e. The number of ether oxygens (including phenoxy) is 2. The molecule has 156 valence electrons. The van der Waals surface area contributed by atoms with Crippen LogP contribution in [0.15, 0.2) is 44.7 Å². The molecule has 2 aromatic carbocycles. The first-order valence-electron chi connectivity index (χ1n) is 8.71. The Hall–Kier alpha value is -2.91. The van der Waals surface area contributed by atoms with Crippen molar-refractivity contribution < 1.29 is 19.4 Å². The molecule has 0 spiro atoms. The second kappa shape index (κ2) is 8.85. The molecule has 30 heavy (non-hydrogen) atoms. The van der Waals surface area contributed by atoms with Gasteiger partial charge in [0.05, 0.1) is 24.2 Å². The van der Waals surface area contributed by atoms with Crippen LogP contribution in [0.5, 0.6) is 11.5 Å². The van der Waals surface area contributed by atoms with E-state index in [0.29, 0.717) is 27.3 Å². The number of carboxylic acids is 1. The Morgan fingerprint density at radius 3 is 2.77 bits per heavy atom. The number of methoxy groups -OCH3 is 1. The van der Waals surface area contributed by atoms with Gasteiger partial charge in [-0.2, -0.15) is 9.78 Å². The average molecular weight is 495 g/mol. The molecule has 3 aromatic rings. The molecular formula is C20H17BrClN3O5. The Morgan fingerprint density at radius 2 is 2.10 bits per heavy atom. The maximum Gasteiger partial charge on any atom is 0.344 e. The predicted molar refractivity (Wildman–Crippen MR) is 117 cm³/mol. The van der Waals surface area contributed by atoms with Crippen molar-refractivity contribution in [3.8, 4) is 11.5 Å². The van der Waals surface area contributed by atoms with Crippen molar-refractivity contribution in [2.45, 2.75) is 20.0 Å². The number of benzene rings is 2. The molecule has 1 N–H and O–H groups in total. The highest BCUT2D eigenvalue weighted by Gasteiger charge is 2.19. The molecule has 0 fully saturated rings. The minimum absolute atomic E-state index is 0.141. The van der Waals surface area contributed by atoms with Gasteiger partial charge in [-0.05, 0) is 38.1 Å². The second-order valence-corrected chi connectivity index (χ2v) is 7.66. The van der Waals surface area contributed by atoms with E-state index in [4.69, 9.17) is 21.1 Å². The monoisotopic (exact) mass is 493 g/mol. The minimum Gasteiger partial charge on any atom is -0.493 e. The molecule has 0 amide bonds. The van der Waals surface area contributed by atoms with Crippen molar-refractivity contribution >= 4 is 50.6 Å². The topological polar surface area (TPSA) is 103 Å². The molecule has 8 nitrogen and oxygen atoms in total. The fourth-order valence-corrected chi connectivity index (χ4v) is 3.28. The number of halogens is 2. The minimum atomic E-state index is -1.15. The molecule has 0 saturated heterocycles. The van der Waals surface area contributed by atoms with E-state index in [9.17, 15) is 14.7 Å². The summed E-state index contributed by atoms with van der Waals surface area (Å²) in [5.74, 6) is -0.392. The standard InChI is InChI=1S/C20H17BrClN3O5/c1-10(20(27)28)30-18-12(6-14(22)8-17(18)29-3)9-23-25-11(2)24-16-5-4-13(21)7-15(16)19(25)26/h4-10H,1-3H3,(H,27,28)/t10-/m1/s1. The number of aryl methyl sites for hydroxylation is 1. The van der Waals surface area contributed by atoms with E-state index in [1.54, 1.807) is 25.1 Å². The normalized spacial score (nSPS) is 12.3. The Labute approximate surface area is 184 Å². The molecule has 0 bridgehead atoms. The third-order valence-electron chi connectivity index (χ3n) is 4.19. The van der Waals surface area contributed by atoms with Gasteiger partial charge in [0.2, 0.25) is 0 Å². The molecule has 0 aliphatic rings. The van der Waals surface area contributed by atoms with Crippen molar-refractivity contribution in [2.24, 2.45) is 5.10 Å². The lowest BCUT2D eigenvalue weighted by molar-refractivity contribution is -0.144. The lowest BCUT2D eigenvalue weighted by atomic mass is 10.2. The molecule has 1 heterocycles. The molecule has 0 saturated carbocycles. The molecule has 0 unspecified atom stereocenters. The quantitative estimate of drug-likeness (QED) is 0.522. The second-order valence-electron chi connectivity index (χ2n) is 6.31. The summed E-state index contributed by atoms with van der Waals surface area (Å²) in [6.07, 6.45) is 0.203. The summed E-state index contributed by atoms with van der Waals surface area (Å²) in [5.41, 5.74) is 0.536. The summed E-state index contributed by atoms with van der Waals surface area (Å²) in [7, 11) is 1.41. The first-order valence-corrected chi connectivity index (χ1v) is 9.88. The molecule has 0 aliphatic heterocycles. The molecule has 10 heteroatoms. The largest absolute Gasteiger partial charge is 0.493 e. The van der Waals surface area contributed by atoms with Crippen LogP contribution in [0.4, 0.5) is 0 Å². The maximum atomic E-state index is 12.9. The van der Waals surface area contributed by atoms with Gasteiger partial charge in [0.25, 0.3) is 5.56 Å². The molecule has 0 aliphatic carbocycles. The lowest BCUT2D eigenvalue weighted by Crippen LogP contribution is -2.24. The first kappa shape index (κ1) is 21.8. The summed E-state index contributed by atoms with van der Waals surface area (Å²) in [5, 5.41) is 14.1.